The summed E-state index contributed by atoms with van der Waals surface area (Å²) in [4.78, 5) is 0. The van der Waals surface area contributed by atoms with Gasteiger partial charge in [-0.15, -0.1) is 0 Å². The van der Waals surface area contributed by atoms with Crippen molar-refractivity contribution < 1.29 is 5.11 Å². The first-order valence-electron chi connectivity index (χ1n) is 13.7. The number of fused-ring (bicyclic) bond motifs is 7. The van der Waals surface area contributed by atoms with E-state index in [1.807, 2.05) is 0 Å². The third-order valence-corrected chi connectivity index (χ3v) is 13.0. The highest BCUT2D eigenvalue weighted by atomic mass is 16.3. The van der Waals surface area contributed by atoms with Crippen LogP contribution < -0.4 is 0 Å². The predicted molar refractivity (Wildman–Crippen MR) is 131 cm³/mol. The maximum atomic E-state index is 11.8. The molecule has 9 atom stereocenters. The monoisotopic (exact) mass is 426 g/mol. The molecule has 0 aromatic rings. The summed E-state index contributed by atoms with van der Waals surface area (Å²) in [5, 5.41) is 11.8. The molecule has 0 aliphatic heterocycles. The number of hydrogen-bond acceptors (Lipinski definition) is 1. The van der Waals surface area contributed by atoms with Crippen LogP contribution in [0.3, 0.4) is 0 Å². The summed E-state index contributed by atoms with van der Waals surface area (Å²) in [7, 11) is 0. The number of rotatable bonds is 1. The van der Waals surface area contributed by atoms with Crippen LogP contribution in [0.2, 0.25) is 0 Å². The van der Waals surface area contributed by atoms with Crippen molar-refractivity contribution in [3.63, 3.8) is 0 Å². The molecule has 1 nitrogen and oxygen atoms in total. The number of allylic oxidation sites excluding steroid dienone is 1. The Morgan fingerprint density at radius 1 is 0.871 bits per heavy atom. The van der Waals surface area contributed by atoms with Crippen LogP contribution in [0.1, 0.15) is 113 Å². The van der Waals surface area contributed by atoms with Gasteiger partial charge in [0.15, 0.2) is 0 Å². The van der Waals surface area contributed by atoms with Gasteiger partial charge in [-0.25, -0.2) is 0 Å². The van der Waals surface area contributed by atoms with Crippen LogP contribution in [0.5, 0.6) is 0 Å². The number of aliphatic hydroxyl groups excluding tert-OH is 1. The molecule has 0 aromatic carbocycles. The molecule has 0 aromatic heterocycles. The highest BCUT2D eigenvalue weighted by Gasteiger charge is 2.69. The average molecular weight is 427 g/mol. The topological polar surface area (TPSA) is 20.2 Å². The first-order chi connectivity index (χ1) is 14.3. The summed E-state index contributed by atoms with van der Waals surface area (Å²) >= 11 is 0. The second-order valence-electron chi connectivity index (χ2n) is 14.8. The highest BCUT2D eigenvalue weighted by molar-refractivity contribution is 5.34. The highest BCUT2D eigenvalue weighted by Crippen LogP contribution is 2.76. The van der Waals surface area contributed by atoms with E-state index in [1.54, 1.807) is 5.57 Å². The summed E-state index contributed by atoms with van der Waals surface area (Å²) in [5.41, 5.74) is 3.39. The van der Waals surface area contributed by atoms with E-state index in [4.69, 9.17) is 0 Å². The molecule has 5 rings (SSSR count). The molecule has 0 radical (unpaired) electrons. The van der Waals surface area contributed by atoms with Crippen LogP contribution in [-0.2, 0) is 0 Å². The molecule has 176 valence electrons. The lowest BCUT2D eigenvalue weighted by Gasteiger charge is -2.69. The molecule has 4 fully saturated rings. The van der Waals surface area contributed by atoms with Gasteiger partial charge in [-0.1, -0.05) is 73.5 Å². The van der Waals surface area contributed by atoms with E-state index in [1.165, 1.54) is 51.4 Å². The zero-order valence-electron chi connectivity index (χ0n) is 21.9. The van der Waals surface area contributed by atoms with Gasteiger partial charge in [-0.2, -0.15) is 0 Å². The van der Waals surface area contributed by atoms with Crippen molar-refractivity contribution >= 4 is 0 Å². The van der Waals surface area contributed by atoms with E-state index < -0.39 is 0 Å². The first kappa shape index (κ1) is 22.5. The molecule has 5 aliphatic rings. The SMILES string of the molecule is CC(C)[C@H]1CC[C@@H]2[C@]1(C)CC[C@]1(C)[C@@H]3C(=CC[C@@]21C)[C@]1(C)CCCC(C)(C)[C@@H]1C[C@@H]3O. The van der Waals surface area contributed by atoms with E-state index in [0.29, 0.717) is 33.5 Å². The summed E-state index contributed by atoms with van der Waals surface area (Å²) in [6.45, 7) is 20.4. The average Bonchev–Trinajstić information content (AvgIpc) is 3.03. The zero-order valence-corrected chi connectivity index (χ0v) is 21.9. The minimum Gasteiger partial charge on any atom is -0.392 e. The quantitative estimate of drug-likeness (QED) is 0.421. The fraction of sp³-hybridized carbons (Fsp3) is 0.933. The molecule has 0 spiro atoms. The van der Waals surface area contributed by atoms with Crippen LogP contribution in [-0.4, -0.2) is 11.2 Å². The Morgan fingerprint density at radius 2 is 1.58 bits per heavy atom. The minimum absolute atomic E-state index is 0.155. The molecular formula is C30H50O. The molecule has 4 saturated carbocycles. The van der Waals surface area contributed by atoms with E-state index >= 15 is 0 Å². The molecule has 5 aliphatic carbocycles. The lowest BCUT2D eigenvalue weighted by molar-refractivity contribution is -0.183. The Hall–Kier alpha value is -0.300. The Balaban J connectivity index is 1.59. The van der Waals surface area contributed by atoms with Gasteiger partial charge >= 0.3 is 0 Å². The molecule has 1 N–H and O–H groups in total. The Bertz CT molecular complexity index is 777. The fourth-order valence-corrected chi connectivity index (χ4v) is 11.3. The van der Waals surface area contributed by atoms with Gasteiger partial charge in [-0.05, 0) is 102 Å². The molecule has 0 unspecified atom stereocenters. The minimum atomic E-state index is -0.155. The van der Waals surface area contributed by atoms with Gasteiger partial charge in [0.1, 0.15) is 0 Å². The summed E-state index contributed by atoms with van der Waals surface area (Å²) in [5.74, 6) is 3.49. The summed E-state index contributed by atoms with van der Waals surface area (Å²) in [6.07, 6.45) is 14.3. The smallest absolute Gasteiger partial charge is 0.0614 e. The Labute approximate surface area is 192 Å². The van der Waals surface area contributed by atoms with E-state index in [-0.39, 0.29) is 11.5 Å². The van der Waals surface area contributed by atoms with Crippen molar-refractivity contribution in [2.45, 2.75) is 119 Å². The van der Waals surface area contributed by atoms with Gasteiger partial charge < -0.3 is 5.11 Å². The first-order valence-corrected chi connectivity index (χ1v) is 13.7. The van der Waals surface area contributed by atoms with E-state index in [0.717, 1.165) is 24.2 Å². The molecular weight excluding hydrogens is 376 g/mol. The normalized spacial score (nSPS) is 55.7. The van der Waals surface area contributed by atoms with Crippen molar-refractivity contribution in [3.8, 4) is 0 Å². The third-order valence-electron chi connectivity index (χ3n) is 13.0. The van der Waals surface area contributed by atoms with Crippen molar-refractivity contribution in [1.29, 1.82) is 0 Å². The van der Waals surface area contributed by atoms with Crippen LogP contribution >= 0.6 is 0 Å². The van der Waals surface area contributed by atoms with Crippen LogP contribution in [0, 0.1) is 56.7 Å². The van der Waals surface area contributed by atoms with Crippen LogP contribution in [0.15, 0.2) is 11.6 Å². The molecule has 0 bridgehead atoms. The molecule has 1 heteroatoms. The Kier molecular flexibility index (Phi) is 4.82. The van der Waals surface area contributed by atoms with Crippen molar-refractivity contribution in [3.05, 3.63) is 11.6 Å². The predicted octanol–water partition coefficient (Wildman–Crippen LogP) is 8.02. The molecule has 0 saturated heterocycles. The zero-order chi connectivity index (χ0) is 22.6. The van der Waals surface area contributed by atoms with Gasteiger partial charge in [0, 0.05) is 5.92 Å². The lowest BCUT2D eigenvalue weighted by Crippen LogP contribution is -2.64. The largest absolute Gasteiger partial charge is 0.392 e. The Morgan fingerprint density at radius 3 is 2.26 bits per heavy atom. The second-order valence-corrected chi connectivity index (χ2v) is 14.8. The molecule has 0 heterocycles. The van der Waals surface area contributed by atoms with Crippen molar-refractivity contribution in [2.75, 3.05) is 0 Å². The second kappa shape index (κ2) is 6.64. The lowest BCUT2D eigenvalue weighted by atomic mass is 9.35. The van der Waals surface area contributed by atoms with Gasteiger partial charge in [0.25, 0.3) is 0 Å². The third kappa shape index (κ3) is 2.65. The van der Waals surface area contributed by atoms with E-state index in [9.17, 15) is 5.11 Å². The van der Waals surface area contributed by atoms with Crippen molar-refractivity contribution in [1.82, 2.24) is 0 Å². The van der Waals surface area contributed by atoms with Gasteiger partial charge in [0.05, 0.1) is 6.10 Å². The van der Waals surface area contributed by atoms with Gasteiger partial charge in [-0.3, -0.25) is 0 Å². The maximum Gasteiger partial charge on any atom is 0.0614 e. The van der Waals surface area contributed by atoms with Crippen molar-refractivity contribution in [2.24, 2.45) is 56.7 Å². The fourth-order valence-electron chi connectivity index (χ4n) is 11.3. The number of aliphatic hydroxyl groups is 1. The number of hydrogen-bond donors (Lipinski definition) is 1. The van der Waals surface area contributed by atoms with Crippen LogP contribution in [0.25, 0.3) is 0 Å². The summed E-state index contributed by atoms with van der Waals surface area (Å²) < 4.78 is 0. The van der Waals surface area contributed by atoms with Gasteiger partial charge in [0.2, 0.25) is 0 Å². The maximum absolute atomic E-state index is 11.8. The standard InChI is InChI=1S/C30H50O/c1-19(2)20-10-11-23-28(20,6)16-17-30(8)25-21(12-15-29(23,30)7)27(5)14-9-13-26(3,4)24(27)18-22(25)31/h12,19-20,22-25,31H,9-11,13-18H2,1-8H3/t20-,22+,23-,24+,25-,27+,28-,29+,30-/m1/s1. The van der Waals surface area contributed by atoms with Crippen LogP contribution in [0.4, 0.5) is 0 Å². The van der Waals surface area contributed by atoms with E-state index in [2.05, 4.69) is 61.5 Å². The molecule has 31 heavy (non-hydrogen) atoms. The molecule has 0 amide bonds. The summed E-state index contributed by atoms with van der Waals surface area (Å²) in [6, 6.07) is 0.